The third-order valence-electron chi connectivity index (χ3n) is 6.30. The summed E-state index contributed by atoms with van der Waals surface area (Å²) >= 11 is 0. The maximum atomic E-state index is 13.0. The number of hydrogen-bond acceptors (Lipinski definition) is 4. The van der Waals surface area contributed by atoms with Gasteiger partial charge in [-0.1, -0.05) is 29.8 Å². The minimum atomic E-state index is -3.68. The van der Waals surface area contributed by atoms with Crippen LogP contribution in [-0.4, -0.2) is 44.5 Å². The molecule has 7 heteroatoms. The van der Waals surface area contributed by atoms with Gasteiger partial charge in [0.25, 0.3) is 15.9 Å². The SMILES string of the molecule is Cc1ccc(S(=O)(=O)N(C)c2ccc(C(=O)N3CCC(c4ccc(O)cc4)CC3)cc2)cc1. The number of rotatable bonds is 5. The number of carbonyl (C=O) groups excluding carboxylic acids is 1. The van der Waals surface area contributed by atoms with Gasteiger partial charge in [-0.05, 0) is 79.8 Å². The molecule has 0 atom stereocenters. The molecule has 0 spiro atoms. The number of amides is 1. The van der Waals surface area contributed by atoms with Crippen molar-refractivity contribution in [2.45, 2.75) is 30.6 Å². The molecular formula is C26H28N2O4S. The van der Waals surface area contributed by atoms with Crippen LogP contribution in [0.15, 0.2) is 77.7 Å². The monoisotopic (exact) mass is 464 g/mol. The minimum Gasteiger partial charge on any atom is -0.508 e. The summed E-state index contributed by atoms with van der Waals surface area (Å²) in [5.74, 6) is 0.583. The van der Waals surface area contributed by atoms with E-state index in [1.807, 2.05) is 24.0 Å². The van der Waals surface area contributed by atoms with Gasteiger partial charge in [-0.2, -0.15) is 0 Å². The predicted octanol–water partition coefficient (Wildman–Crippen LogP) is 4.55. The molecule has 6 nitrogen and oxygen atoms in total. The number of phenols is 1. The maximum Gasteiger partial charge on any atom is 0.264 e. The Morgan fingerprint density at radius 3 is 2.06 bits per heavy atom. The van der Waals surface area contributed by atoms with Gasteiger partial charge in [0, 0.05) is 25.7 Å². The summed E-state index contributed by atoms with van der Waals surface area (Å²) in [6, 6.07) is 20.7. The normalized spacial score (nSPS) is 14.8. The molecule has 1 aliphatic rings. The van der Waals surface area contributed by atoms with Crippen LogP contribution in [0, 0.1) is 6.92 Å². The fraction of sp³-hybridized carbons (Fsp3) is 0.269. The lowest BCUT2D eigenvalue weighted by Crippen LogP contribution is -2.37. The van der Waals surface area contributed by atoms with Crippen LogP contribution in [0.25, 0.3) is 0 Å². The summed E-state index contributed by atoms with van der Waals surface area (Å²) in [4.78, 5) is 15.1. The number of phenolic OH excluding ortho intramolecular Hbond substituents is 1. The van der Waals surface area contributed by atoms with Crippen molar-refractivity contribution in [2.75, 3.05) is 24.4 Å². The van der Waals surface area contributed by atoms with Gasteiger partial charge in [0.2, 0.25) is 0 Å². The van der Waals surface area contributed by atoms with Gasteiger partial charge >= 0.3 is 0 Å². The lowest BCUT2D eigenvalue weighted by molar-refractivity contribution is 0.0713. The summed E-state index contributed by atoms with van der Waals surface area (Å²) in [6.45, 7) is 3.23. The van der Waals surface area contributed by atoms with Crippen molar-refractivity contribution in [1.82, 2.24) is 4.90 Å². The van der Waals surface area contributed by atoms with Crippen molar-refractivity contribution >= 4 is 21.6 Å². The molecule has 1 fully saturated rings. The van der Waals surface area contributed by atoms with Crippen molar-refractivity contribution in [2.24, 2.45) is 0 Å². The third kappa shape index (κ3) is 4.88. The Kier molecular flexibility index (Phi) is 6.42. The molecular weight excluding hydrogens is 436 g/mol. The van der Waals surface area contributed by atoms with Crippen LogP contribution in [0.4, 0.5) is 5.69 Å². The van der Waals surface area contributed by atoms with E-state index < -0.39 is 10.0 Å². The Bertz CT molecular complexity index is 1210. The van der Waals surface area contributed by atoms with E-state index in [1.165, 1.54) is 16.9 Å². The standard InChI is InChI=1S/C26H28N2O4S/c1-19-3-13-25(14-4-19)33(31,32)27(2)23-9-5-22(6-10-23)26(30)28-17-15-21(16-18-28)20-7-11-24(29)12-8-20/h3-14,21,29H,15-18H2,1-2H3. The highest BCUT2D eigenvalue weighted by molar-refractivity contribution is 7.92. The molecule has 0 unspecified atom stereocenters. The molecule has 0 radical (unpaired) electrons. The second-order valence-corrected chi connectivity index (χ2v) is 10.5. The average Bonchev–Trinajstić information content (AvgIpc) is 2.84. The smallest absolute Gasteiger partial charge is 0.264 e. The first kappa shape index (κ1) is 22.9. The largest absolute Gasteiger partial charge is 0.508 e. The van der Waals surface area contributed by atoms with Crippen LogP contribution >= 0.6 is 0 Å². The van der Waals surface area contributed by atoms with E-state index >= 15 is 0 Å². The summed E-state index contributed by atoms with van der Waals surface area (Å²) in [5.41, 5.74) is 3.22. The summed E-state index contributed by atoms with van der Waals surface area (Å²) < 4.78 is 27.1. The van der Waals surface area contributed by atoms with Crippen LogP contribution in [0.2, 0.25) is 0 Å². The molecule has 33 heavy (non-hydrogen) atoms. The van der Waals surface area contributed by atoms with E-state index in [9.17, 15) is 18.3 Å². The number of nitrogens with zero attached hydrogens (tertiary/aromatic N) is 2. The van der Waals surface area contributed by atoms with Gasteiger partial charge in [-0.15, -0.1) is 0 Å². The zero-order valence-corrected chi connectivity index (χ0v) is 19.6. The number of hydrogen-bond donors (Lipinski definition) is 1. The Balaban J connectivity index is 1.41. The van der Waals surface area contributed by atoms with Crippen molar-refractivity contribution in [3.05, 3.63) is 89.5 Å². The van der Waals surface area contributed by atoms with Crippen LogP contribution in [0.5, 0.6) is 5.75 Å². The highest BCUT2D eigenvalue weighted by Crippen LogP contribution is 2.30. The first-order valence-electron chi connectivity index (χ1n) is 11.0. The lowest BCUT2D eigenvalue weighted by atomic mass is 9.89. The quantitative estimate of drug-likeness (QED) is 0.601. The first-order chi connectivity index (χ1) is 15.8. The molecule has 0 aliphatic carbocycles. The van der Waals surface area contributed by atoms with Crippen LogP contribution in [0.3, 0.4) is 0 Å². The molecule has 4 rings (SSSR count). The number of sulfonamides is 1. The number of aromatic hydroxyl groups is 1. The molecule has 1 aliphatic heterocycles. The number of anilines is 1. The van der Waals surface area contributed by atoms with Crippen LogP contribution in [0.1, 0.15) is 40.2 Å². The Hall–Kier alpha value is -3.32. The Morgan fingerprint density at radius 1 is 0.909 bits per heavy atom. The average molecular weight is 465 g/mol. The van der Waals surface area contributed by atoms with Gasteiger partial charge in [0.05, 0.1) is 10.6 Å². The van der Waals surface area contributed by atoms with Gasteiger partial charge in [-0.25, -0.2) is 8.42 Å². The number of carbonyl (C=O) groups is 1. The third-order valence-corrected chi connectivity index (χ3v) is 8.10. The number of likely N-dealkylation sites (tertiary alicyclic amines) is 1. The lowest BCUT2D eigenvalue weighted by Gasteiger charge is -2.32. The Labute approximate surface area is 195 Å². The van der Waals surface area contributed by atoms with Crippen LogP contribution in [-0.2, 0) is 10.0 Å². The fourth-order valence-electron chi connectivity index (χ4n) is 4.17. The van der Waals surface area contributed by atoms with E-state index in [0.29, 0.717) is 30.3 Å². The van der Waals surface area contributed by atoms with Crippen molar-refractivity contribution < 1.29 is 18.3 Å². The van der Waals surface area contributed by atoms with Gasteiger partial charge in [0.15, 0.2) is 0 Å². The highest BCUT2D eigenvalue weighted by atomic mass is 32.2. The molecule has 1 N–H and O–H groups in total. The minimum absolute atomic E-state index is 0.0465. The van der Waals surface area contributed by atoms with Gasteiger partial charge < -0.3 is 10.0 Å². The van der Waals surface area contributed by atoms with Crippen molar-refractivity contribution in [3.63, 3.8) is 0 Å². The highest BCUT2D eigenvalue weighted by Gasteiger charge is 2.25. The van der Waals surface area contributed by atoms with E-state index in [0.717, 1.165) is 18.4 Å². The number of piperidine rings is 1. The molecule has 3 aromatic carbocycles. The zero-order valence-electron chi connectivity index (χ0n) is 18.8. The molecule has 172 valence electrons. The topological polar surface area (TPSA) is 77.9 Å². The van der Waals surface area contributed by atoms with E-state index in [2.05, 4.69) is 0 Å². The molecule has 1 amide bonds. The second kappa shape index (κ2) is 9.27. The molecule has 1 heterocycles. The second-order valence-electron chi connectivity index (χ2n) is 8.49. The first-order valence-corrected chi connectivity index (χ1v) is 12.4. The summed E-state index contributed by atoms with van der Waals surface area (Å²) in [6.07, 6.45) is 1.73. The van der Waals surface area contributed by atoms with Gasteiger partial charge in [0.1, 0.15) is 5.75 Å². The Morgan fingerprint density at radius 2 is 1.48 bits per heavy atom. The van der Waals surface area contributed by atoms with Crippen LogP contribution < -0.4 is 4.31 Å². The summed E-state index contributed by atoms with van der Waals surface area (Å²) in [7, 11) is -2.16. The number of benzene rings is 3. The molecule has 3 aromatic rings. The number of aryl methyl sites for hydroxylation is 1. The maximum absolute atomic E-state index is 13.0. The van der Waals surface area contributed by atoms with Gasteiger partial charge in [-0.3, -0.25) is 9.10 Å². The van der Waals surface area contributed by atoms with E-state index in [4.69, 9.17) is 0 Å². The molecule has 1 saturated heterocycles. The predicted molar refractivity (Wildman–Crippen MR) is 129 cm³/mol. The molecule has 0 saturated carbocycles. The van der Waals surface area contributed by atoms with Crippen molar-refractivity contribution in [3.8, 4) is 5.75 Å². The fourth-order valence-corrected chi connectivity index (χ4v) is 5.36. The van der Waals surface area contributed by atoms with E-state index in [1.54, 1.807) is 60.7 Å². The zero-order chi connectivity index (χ0) is 23.6. The van der Waals surface area contributed by atoms with Crippen molar-refractivity contribution in [1.29, 1.82) is 0 Å². The molecule has 0 aromatic heterocycles. The van der Waals surface area contributed by atoms with E-state index in [-0.39, 0.29) is 16.6 Å². The molecule has 0 bridgehead atoms. The summed E-state index contributed by atoms with van der Waals surface area (Å²) in [5, 5.41) is 9.47.